The first-order valence-corrected chi connectivity index (χ1v) is 13.7. The lowest BCUT2D eigenvalue weighted by molar-refractivity contribution is 0.336. The molecule has 5 nitrogen and oxygen atoms in total. The number of aliphatic imine (C=N–C) groups is 3. The smallest absolute Gasteiger partial charge is 0.130 e. The quantitative estimate of drug-likeness (QED) is 0.311. The van der Waals surface area contributed by atoms with Crippen LogP contribution in [0.15, 0.2) is 112 Å². The summed E-state index contributed by atoms with van der Waals surface area (Å²) in [4.78, 5) is 15.9. The van der Waals surface area contributed by atoms with Gasteiger partial charge in [0.2, 0.25) is 0 Å². The van der Waals surface area contributed by atoms with Crippen LogP contribution in [0.4, 0.5) is 0 Å². The number of rotatable bonds is 10. The summed E-state index contributed by atoms with van der Waals surface area (Å²) in [7, 11) is 0. The Morgan fingerprint density at radius 2 is 1.97 bits per heavy atom. The van der Waals surface area contributed by atoms with E-state index in [1.165, 1.54) is 11.3 Å². The second-order valence-electron chi connectivity index (χ2n) is 8.73. The number of allylic oxidation sites excluding steroid dienone is 7. The second kappa shape index (κ2) is 19.5. The van der Waals surface area contributed by atoms with Gasteiger partial charge in [0.05, 0.1) is 12.3 Å². The molecule has 2 aliphatic rings. The predicted molar refractivity (Wildman–Crippen MR) is 166 cm³/mol. The van der Waals surface area contributed by atoms with E-state index in [0.717, 1.165) is 43.9 Å². The minimum absolute atomic E-state index is 0.373. The fraction of sp³-hybridized carbons (Fsp3) is 0.364. The van der Waals surface area contributed by atoms with E-state index >= 15 is 0 Å². The van der Waals surface area contributed by atoms with Crippen LogP contribution in [0, 0.1) is 5.92 Å². The van der Waals surface area contributed by atoms with Gasteiger partial charge < -0.3 is 4.74 Å². The Labute approximate surface area is 230 Å². The average molecular weight is 513 g/mol. The van der Waals surface area contributed by atoms with Gasteiger partial charge in [-0.15, -0.1) is 0 Å². The lowest BCUT2D eigenvalue weighted by Crippen LogP contribution is -2.30. The molecular weight excluding hydrogens is 468 g/mol. The van der Waals surface area contributed by atoms with Crippen molar-refractivity contribution in [3.05, 3.63) is 102 Å². The van der Waals surface area contributed by atoms with E-state index < -0.39 is 0 Å². The Morgan fingerprint density at radius 1 is 1.13 bits per heavy atom. The summed E-state index contributed by atoms with van der Waals surface area (Å²) in [5.41, 5.74) is 3.34. The summed E-state index contributed by atoms with van der Waals surface area (Å²) in [6, 6.07) is 8.23. The maximum absolute atomic E-state index is 5.97. The molecule has 1 unspecified atom stereocenters. The van der Waals surface area contributed by atoms with Gasteiger partial charge in [-0.1, -0.05) is 75.4 Å². The maximum atomic E-state index is 5.97. The van der Waals surface area contributed by atoms with Gasteiger partial charge in [0.25, 0.3) is 0 Å². The molecule has 0 aliphatic carbocycles. The molecule has 0 saturated carbocycles. The van der Waals surface area contributed by atoms with Crippen molar-refractivity contribution in [2.24, 2.45) is 20.9 Å². The fourth-order valence-electron chi connectivity index (χ4n) is 3.58. The molecule has 0 radical (unpaired) electrons. The van der Waals surface area contributed by atoms with Crippen LogP contribution < -0.4 is 4.74 Å². The van der Waals surface area contributed by atoms with Crippen LogP contribution in [0.2, 0.25) is 0 Å². The van der Waals surface area contributed by atoms with Crippen LogP contribution >= 0.6 is 0 Å². The summed E-state index contributed by atoms with van der Waals surface area (Å²) < 4.78 is 5.97. The second-order valence-corrected chi connectivity index (χ2v) is 8.73. The minimum atomic E-state index is 0.373. The third-order valence-corrected chi connectivity index (χ3v) is 5.74. The van der Waals surface area contributed by atoms with Crippen molar-refractivity contribution in [2.45, 2.75) is 40.5 Å². The molecule has 0 spiro atoms. The van der Waals surface area contributed by atoms with E-state index in [9.17, 15) is 0 Å². The van der Waals surface area contributed by atoms with Crippen LogP contribution in [-0.4, -0.2) is 55.8 Å². The van der Waals surface area contributed by atoms with Crippen molar-refractivity contribution in [3.8, 4) is 5.75 Å². The summed E-state index contributed by atoms with van der Waals surface area (Å²) in [5, 5.41) is 0. The summed E-state index contributed by atoms with van der Waals surface area (Å²) in [6.07, 6.45) is 28.3. The topological polar surface area (TPSA) is 49.5 Å². The molecule has 0 aromatic heterocycles. The molecule has 5 heteroatoms. The highest BCUT2D eigenvalue weighted by Crippen LogP contribution is 2.14. The number of ether oxygens (including phenoxy) is 1. The molecule has 0 bridgehead atoms. The van der Waals surface area contributed by atoms with Gasteiger partial charge >= 0.3 is 0 Å². The minimum Gasteiger partial charge on any atom is -0.487 e. The Morgan fingerprint density at radius 3 is 2.74 bits per heavy atom. The highest BCUT2D eigenvalue weighted by molar-refractivity contribution is 5.96. The van der Waals surface area contributed by atoms with E-state index in [2.05, 4.69) is 81.5 Å². The fourth-order valence-corrected chi connectivity index (χ4v) is 3.58. The standard InChI is InChI=1S/C31H38N4O.C2H6/c1-3-4-20-33-29-17-23-35(24-18-29)25-22-32-19-8-10-28-12-15-31(16-13-28)36-26-30-14-11-27(2)9-6-5-7-21-34-30;1-2/h3-9,11-17,19-20,22,27H,10,18,21,23-26H2,1-2H3;1-2H3/b4-3-,7-5-,9-6-,14-11-,19-8-,32-22?,33-20?,34-30?;. The van der Waals surface area contributed by atoms with Gasteiger partial charge in [-0.05, 0) is 55.2 Å². The molecule has 0 fully saturated rings. The Kier molecular flexibility index (Phi) is 15.8. The first-order chi connectivity index (χ1) is 18.7. The van der Waals surface area contributed by atoms with E-state index in [1.807, 2.05) is 69.8 Å². The first-order valence-electron chi connectivity index (χ1n) is 13.7. The zero-order chi connectivity index (χ0) is 27.3. The molecule has 202 valence electrons. The molecule has 0 amide bonds. The van der Waals surface area contributed by atoms with Gasteiger partial charge in [0.1, 0.15) is 12.4 Å². The molecule has 2 aliphatic heterocycles. The van der Waals surface area contributed by atoms with Crippen LogP contribution in [0.5, 0.6) is 5.75 Å². The average Bonchev–Trinajstić information content (AvgIpc) is 2.96. The van der Waals surface area contributed by atoms with Crippen molar-refractivity contribution in [1.29, 1.82) is 0 Å². The third kappa shape index (κ3) is 13.1. The molecule has 0 saturated heterocycles. The molecular formula is C33H44N4O. The predicted octanol–water partition coefficient (Wildman–Crippen LogP) is 7.21. The number of hydrogen-bond donors (Lipinski definition) is 0. The molecule has 1 aromatic rings. The molecule has 1 atom stereocenters. The first kappa shape index (κ1) is 30.7. The van der Waals surface area contributed by atoms with E-state index in [0.29, 0.717) is 19.1 Å². The van der Waals surface area contributed by atoms with E-state index in [-0.39, 0.29) is 0 Å². The van der Waals surface area contributed by atoms with Crippen LogP contribution in [0.25, 0.3) is 0 Å². The molecule has 2 heterocycles. The normalized spacial score (nSPS) is 21.2. The van der Waals surface area contributed by atoms with Gasteiger partial charge in [0.15, 0.2) is 0 Å². The maximum Gasteiger partial charge on any atom is 0.130 e. The summed E-state index contributed by atoms with van der Waals surface area (Å²) in [6.45, 7) is 12.1. The molecule has 0 N–H and O–H groups in total. The van der Waals surface area contributed by atoms with Crippen LogP contribution in [0.1, 0.15) is 39.7 Å². The molecule has 1 aromatic carbocycles. The highest BCUT2D eigenvalue weighted by atomic mass is 16.5. The molecule has 38 heavy (non-hydrogen) atoms. The largest absolute Gasteiger partial charge is 0.487 e. The van der Waals surface area contributed by atoms with E-state index in [1.54, 1.807) is 0 Å². The number of hydrogen-bond acceptors (Lipinski definition) is 5. The van der Waals surface area contributed by atoms with Gasteiger partial charge in [-0.3, -0.25) is 19.9 Å². The SMILES string of the molecule is C/C=C\C=NC1=CCN(CC=N/C=C\Cc2ccc(OCC3=NC/C=C\C=C/C(C)/C=C\3)cc2)CC1.CC. The van der Waals surface area contributed by atoms with E-state index in [4.69, 9.17) is 4.74 Å². The Hall–Kier alpha value is -3.57. The van der Waals surface area contributed by atoms with Crippen LogP contribution in [0.3, 0.4) is 0 Å². The third-order valence-electron chi connectivity index (χ3n) is 5.74. The van der Waals surface area contributed by atoms with Gasteiger partial charge in [0, 0.05) is 50.4 Å². The van der Waals surface area contributed by atoms with Crippen molar-refractivity contribution >= 4 is 18.1 Å². The lowest BCUT2D eigenvalue weighted by atomic mass is 10.1. The van der Waals surface area contributed by atoms with Crippen molar-refractivity contribution < 1.29 is 4.74 Å². The Bertz CT molecular complexity index is 1070. The number of benzene rings is 1. The zero-order valence-corrected chi connectivity index (χ0v) is 23.5. The van der Waals surface area contributed by atoms with Crippen LogP contribution in [-0.2, 0) is 6.42 Å². The van der Waals surface area contributed by atoms with Gasteiger partial charge in [-0.2, -0.15) is 0 Å². The number of nitrogens with zero attached hydrogens (tertiary/aromatic N) is 4. The van der Waals surface area contributed by atoms with Crippen molar-refractivity contribution in [2.75, 3.05) is 32.8 Å². The zero-order valence-electron chi connectivity index (χ0n) is 23.5. The summed E-state index contributed by atoms with van der Waals surface area (Å²) >= 11 is 0. The summed E-state index contributed by atoms with van der Waals surface area (Å²) in [5.74, 6) is 1.22. The lowest BCUT2D eigenvalue weighted by Gasteiger charge is -2.22. The molecule has 3 rings (SSSR count). The van der Waals surface area contributed by atoms with Crippen molar-refractivity contribution in [3.63, 3.8) is 0 Å². The highest BCUT2D eigenvalue weighted by Gasteiger charge is 2.09. The van der Waals surface area contributed by atoms with Crippen molar-refractivity contribution in [1.82, 2.24) is 4.90 Å². The Balaban J connectivity index is 0.00000247. The van der Waals surface area contributed by atoms with Gasteiger partial charge in [-0.25, -0.2) is 0 Å². The monoisotopic (exact) mass is 512 g/mol.